The summed E-state index contributed by atoms with van der Waals surface area (Å²) in [7, 11) is -0.885. The minimum Gasteiger partial charge on any atom is -0.424 e. The first-order valence-electron chi connectivity index (χ1n) is 5.40. The Hall–Kier alpha value is -0.293. The molecule has 0 saturated heterocycles. The van der Waals surface area contributed by atoms with Gasteiger partial charge in [0.2, 0.25) is 11.8 Å². The van der Waals surface area contributed by atoms with E-state index in [4.69, 9.17) is 4.42 Å². The first-order chi connectivity index (χ1) is 7.01. The molecule has 1 aromatic heterocycles. The second-order valence-corrected chi connectivity index (χ2v) is 11.5. The highest BCUT2D eigenvalue weighted by molar-refractivity contribution is 7.98. The van der Waals surface area contributed by atoms with Crippen molar-refractivity contribution < 1.29 is 4.42 Å². The van der Waals surface area contributed by atoms with Crippen molar-refractivity contribution in [3.63, 3.8) is 0 Å². The Balaban J connectivity index is 2.20. The van der Waals surface area contributed by atoms with Crippen molar-refractivity contribution in [1.82, 2.24) is 10.2 Å². The van der Waals surface area contributed by atoms with Crippen LogP contribution in [0.2, 0.25) is 25.7 Å². The van der Waals surface area contributed by atoms with Crippen molar-refractivity contribution in [2.75, 3.05) is 5.75 Å². The van der Waals surface area contributed by atoms with Crippen molar-refractivity contribution >= 4 is 19.8 Å². The van der Waals surface area contributed by atoms with Crippen molar-refractivity contribution in [2.24, 2.45) is 0 Å². The van der Waals surface area contributed by atoms with Crippen LogP contribution in [0.4, 0.5) is 0 Å². The van der Waals surface area contributed by atoms with Gasteiger partial charge in [0, 0.05) is 14.5 Å². The second kappa shape index (κ2) is 5.70. The normalized spacial score (nSPS) is 12.0. The molecule has 0 aliphatic heterocycles. The molecule has 0 fully saturated rings. The summed E-state index contributed by atoms with van der Waals surface area (Å²) in [6.45, 7) is 9.22. The van der Waals surface area contributed by atoms with Gasteiger partial charge in [-0.25, -0.2) is 0 Å². The fourth-order valence-electron chi connectivity index (χ4n) is 1.03. The maximum atomic E-state index is 5.43. The lowest BCUT2D eigenvalue weighted by molar-refractivity contribution is 0.470. The van der Waals surface area contributed by atoms with Gasteiger partial charge in [-0.05, 0) is 11.8 Å². The summed E-state index contributed by atoms with van der Waals surface area (Å²) in [4.78, 5) is 0. The Labute approximate surface area is 97.1 Å². The Morgan fingerprint density at radius 1 is 1.20 bits per heavy atom. The SMILES string of the molecule is CCc1nnc(CSCC[Si](C)(C)C)o1. The number of aryl methyl sites for hydroxylation is 1. The van der Waals surface area contributed by atoms with E-state index in [1.54, 1.807) is 0 Å². The summed E-state index contributed by atoms with van der Waals surface area (Å²) in [6, 6.07) is 1.35. The zero-order chi connectivity index (χ0) is 11.3. The summed E-state index contributed by atoms with van der Waals surface area (Å²) in [6.07, 6.45) is 0.826. The van der Waals surface area contributed by atoms with E-state index in [1.165, 1.54) is 11.8 Å². The lowest BCUT2D eigenvalue weighted by Crippen LogP contribution is -2.19. The topological polar surface area (TPSA) is 38.9 Å². The Kier molecular flexibility index (Phi) is 4.85. The molecule has 15 heavy (non-hydrogen) atoms. The summed E-state index contributed by atoms with van der Waals surface area (Å²) < 4.78 is 5.43. The molecular weight excluding hydrogens is 224 g/mol. The highest BCUT2D eigenvalue weighted by Crippen LogP contribution is 2.17. The molecule has 0 saturated carbocycles. The van der Waals surface area contributed by atoms with Crippen molar-refractivity contribution in [3.05, 3.63) is 11.8 Å². The van der Waals surface area contributed by atoms with Gasteiger partial charge < -0.3 is 4.42 Å². The third-order valence-electron chi connectivity index (χ3n) is 2.03. The van der Waals surface area contributed by atoms with E-state index in [2.05, 4.69) is 29.8 Å². The molecule has 0 aliphatic carbocycles. The molecule has 0 bridgehead atoms. The summed E-state index contributed by atoms with van der Waals surface area (Å²) in [5.74, 6) is 3.58. The Morgan fingerprint density at radius 3 is 2.40 bits per heavy atom. The van der Waals surface area contributed by atoms with Crippen LogP contribution in [-0.2, 0) is 12.2 Å². The Morgan fingerprint density at radius 2 is 1.87 bits per heavy atom. The second-order valence-electron chi connectivity index (χ2n) is 4.81. The molecule has 5 heteroatoms. The molecule has 0 spiro atoms. The smallest absolute Gasteiger partial charge is 0.226 e. The van der Waals surface area contributed by atoms with Gasteiger partial charge in [-0.3, -0.25) is 0 Å². The molecular formula is C10H20N2OSSi. The molecule has 0 radical (unpaired) electrons. The van der Waals surface area contributed by atoms with Gasteiger partial charge in [-0.15, -0.1) is 10.2 Å². The third kappa shape index (κ3) is 5.37. The molecule has 0 aliphatic rings. The molecule has 3 nitrogen and oxygen atoms in total. The van der Waals surface area contributed by atoms with Gasteiger partial charge in [-0.1, -0.05) is 26.6 Å². The zero-order valence-corrected chi connectivity index (χ0v) is 11.9. The van der Waals surface area contributed by atoms with E-state index in [9.17, 15) is 0 Å². The summed E-state index contributed by atoms with van der Waals surface area (Å²) >= 11 is 1.90. The van der Waals surface area contributed by atoms with Crippen molar-refractivity contribution in [1.29, 1.82) is 0 Å². The number of thioether (sulfide) groups is 1. The molecule has 1 heterocycles. The molecule has 0 aromatic carbocycles. The maximum absolute atomic E-state index is 5.43. The van der Waals surface area contributed by atoms with E-state index < -0.39 is 8.07 Å². The predicted octanol–water partition coefficient (Wildman–Crippen LogP) is 3.20. The standard InChI is InChI=1S/C10H20N2OSSi/c1-5-9-11-12-10(13-9)8-14-6-7-15(2,3)4/h5-8H2,1-4H3. The van der Waals surface area contributed by atoms with Crippen LogP contribution in [0.25, 0.3) is 0 Å². The zero-order valence-electron chi connectivity index (χ0n) is 10.0. The minimum atomic E-state index is -0.885. The largest absolute Gasteiger partial charge is 0.424 e. The van der Waals surface area contributed by atoms with Crippen LogP contribution in [0.5, 0.6) is 0 Å². The molecule has 0 N–H and O–H groups in total. The van der Waals surface area contributed by atoms with E-state index in [0.29, 0.717) is 0 Å². The van der Waals surface area contributed by atoms with E-state index in [-0.39, 0.29) is 0 Å². The van der Waals surface area contributed by atoms with E-state index in [1.807, 2.05) is 18.7 Å². The lowest BCUT2D eigenvalue weighted by atomic mass is 10.5. The quantitative estimate of drug-likeness (QED) is 0.569. The van der Waals surface area contributed by atoms with Crippen molar-refractivity contribution in [3.8, 4) is 0 Å². The van der Waals surface area contributed by atoms with Crippen LogP contribution >= 0.6 is 11.8 Å². The van der Waals surface area contributed by atoms with E-state index in [0.717, 1.165) is 24.0 Å². The predicted molar refractivity (Wildman–Crippen MR) is 68.0 cm³/mol. The molecule has 86 valence electrons. The van der Waals surface area contributed by atoms with Crippen LogP contribution in [0.3, 0.4) is 0 Å². The fourth-order valence-corrected chi connectivity index (χ4v) is 4.49. The fraction of sp³-hybridized carbons (Fsp3) is 0.800. The van der Waals surface area contributed by atoms with Crippen LogP contribution in [0, 0.1) is 0 Å². The monoisotopic (exact) mass is 244 g/mol. The first-order valence-corrected chi connectivity index (χ1v) is 10.3. The van der Waals surface area contributed by atoms with Crippen LogP contribution in [0.1, 0.15) is 18.7 Å². The van der Waals surface area contributed by atoms with Crippen molar-refractivity contribution in [2.45, 2.75) is 44.8 Å². The summed E-state index contributed by atoms with van der Waals surface area (Å²) in [5, 5.41) is 7.94. The minimum absolute atomic E-state index is 0.746. The van der Waals surface area contributed by atoms with E-state index >= 15 is 0 Å². The maximum Gasteiger partial charge on any atom is 0.226 e. The van der Waals surface area contributed by atoms with Gasteiger partial charge in [0.05, 0.1) is 5.75 Å². The average molecular weight is 244 g/mol. The molecule has 0 unspecified atom stereocenters. The number of rotatable bonds is 6. The van der Waals surface area contributed by atoms with Gasteiger partial charge in [0.1, 0.15) is 0 Å². The van der Waals surface area contributed by atoms with Gasteiger partial charge in [0.15, 0.2) is 0 Å². The van der Waals surface area contributed by atoms with Gasteiger partial charge in [0.25, 0.3) is 0 Å². The number of nitrogens with zero attached hydrogens (tertiary/aromatic N) is 2. The highest BCUT2D eigenvalue weighted by Gasteiger charge is 2.12. The summed E-state index contributed by atoms with van der Waals surface area (Å²) in [5.41, 5.74) is 0. The molecule has 0 atom stereocenters. The van der Waals surface area contributed by atoms with Gasteiger partial charge in [-0.2, -0.15) is 11.8 Å². The highest BCUT2D eigenvalue weighted by atomic mass is 32.2. The van der Waals surface area contributed by atoms with Gasteiger partial charge >= 0.3 is 0 Å². The number of hydrogen-bond acceptors (Lipinski definition) is 4. The van der Waals surface area contributed by atoms with Crippen LogP contribution < -0.4 is 0 Å². The third-order valence-corrected chi connectivity index (χ3v) is 5.09. The molecule has 1 aromatic rings. The number of hydrogen-bond donors (Lipinski definition) is 0. The molecule has 0 amide bonds. The van der Waals surface area contributed by atoms with Crippen LogP contribution in [-0.4, -0.2) is 24.0 Å². The number of aromatic nitrogens is 2. The first kappa shape index (κ1) is 12.8. The average Bonchev–Trinajstić information content (AvgIpc) is 2.59. The Bertz CT molecular complexity index is 296. The lowest BCUT2D eigenvalue weighted by Gasteiger charge is -2.14. The molecule has 1 rings (SSSR count). The van der Waals surface area contributed by atoms with Crippen LogP contribution in [0.15, 0.2) is 4.42 Å².